The molecular formula is C14H18Si2. The molecule has 0 aliphatic rings. The third-order valence-corrected chi connectivity index (χ3v) is 5.97. The van der Waals surface area contributed by atoms with Crippen LogP contribution in [-0.4, -0.2) is 17.6 Å². The van der Waals surface area contributed by atoms with Crippen molar-refractivity contribution in [2.45, 2.75) is 26.2 Å². The highest BCUT2D eigenvalue weighted by atomic mass is 28.3. The second kappa shape index (κ2) is 4.56. The summed E-state index contributed by atoms with van der Waals surface area (Å²) in [5.41, 5.74) is 0. The molecule has 0 N–H and O–H groups in total. The van der Waals surface area contributed by atoms with Crippen molar-refractivity contribution in [2.75, 3.05) is 0 Å². The average molecular weight is 242 g/mol. The zero-order valence-electron chi connectivity index (χ0n) is 10.5. The van der Waals surface area contributed by atoms with Crippen LogP contribution in [0.4, 0.5) is 0 Å². The summed E-state index contributed by atoms with van der Waals surface area (Å²) in [4.78, 5) is 0. The molecule has 0 amide bonds. The SMILES string of the molecule is C[Si](C)c1cccc2cccc([Si](C)C)c12. The molecule has 0 aliphatic carbocycles. The molecule has 16 heavy (non-hydrogen) atoms. The Hall–Kier alpha value is -0.866. The summed E-state index contributed by atoms with van der Waals surface area (Å²) in [6, 6.07) is 13.6. The van der Waals surface area contributed by atoms with Gasteiger partial charge < -0.3 is 0 Å². The maximum absolute atomic E-state index is 2.38. The largest absolute Gasteiger partial charge is 0.0799 e. The Labute approximate surface area is 102 Å². The standard InChI is InChI=1S/C14H18Si2/c1-15(2)12-9-5-7-11-8-6-10-13(14(11)12)16(3)4/h5-10H,1-4H3. The molecular weight excluding hydrogens is 224 g/mol. The minimum Gasteiger partial charge on any atom is -0.0671 e. The Morgan fingerprint density at radius 1 is 0.688 bits per heavy atom. The van der Waals surface area contributed by atoms with E-state index < -0.39 is 0 Å². The first kappa shape index (κ1) is 11.6. The van der Waals surface area contributed by atoms with E-state index in [9.17, 15) is 0 Å². The van der Waals surface area contributed by atoms with Crippen molar-refractivity contribution >= 4 is 38.7 Å². The molecule has 0 saturated carbocycles. The van der Waals surface area contributed by atoms with Crippen molar-refractivity contribution in [1.29, 1.82) is 0 Å². The van der Waals surface area contributed by atoms with Gasteiger partial charge >= 0.3 is 0 Å². The molecule has 2 radical (unpaired) electrons. The minimum absolute atomic E-state index is 0.376. The van der Waals surface area contributed by atoms with Crippen LogP contribution in [0.1, 0.15) is 0 Å². The van der Waals surface area contributed by atoms with Gasteiger partial charge in [0.1, 0.15) is 0 Å². The summed E-state index contributed by atoms with van der Waals surface area (Å²) in [7, 11) is -0.752. The Morgan fingerprint density at radius 3 is 1.50 bits per heavy atom. The first-order valence-corrected chi connectivity index (χ1v) is 10.7. The number of hydrogen-bond donors (Lipinski definition) is 0. The molecule has 0 spiro atoms. The Morgan fingerprint density at radius 2 is 1.12 bits per heavy atom. The predicted molar refractivity (Wildman–Crippen MR) is 78.2 cm³/mol. The second-order valence-corrected chi connectivity index (χ2v) is 9.79. The molecule has 2 rings (SSSR count). The third kappa shape index (κ3) is 1.99. The molecule has 0 nitrogen and oxygen atoms in total. The van der Waals surface area contributed by atoms with Gasteiger partial charge in [-0.3, -0.25) is 0 Å². The number of hydrogen-bond acceptors (Lipinski definition) is 0. The van der Waals surface area contributed by atoms with Gasteiger partial charge in [0.15, 0.2) is 0 Å². The predicted octanol–water partition coefficient (Wildman–Crippen LogP) is 2.76. The lowest BCUT2D eigenvalue weighted by atomic mass is 10.1. The highest BCUT2D eigenvalue weighted by Crippen LogP contribution is 2.11. The fourth-order valence-electron chi connectivity index (χ4n) is 2.17. The van der Waals surface area contributed by atoms with Crippen LogP contribution in [0.3, 0.4) is 0 Å². The molecule has 2 heteroatoms. The van der Waals surface area contributed by atoms with Gasteiger partial charge in [-0.05, 0) is 10.8 Å². The van der Waals surface area contributed by atoms with Gasteiger partial charge in [0.2, 0.25) is 0 Å². The molecule has 2 aromatic rings. The van der Waals surface area contributed by atoms with Crippen molar-refractivity contribution in [3.63, 3.8) is 0 Å². The van der Waals surface area contributed by atoms with E-state index in [1.165, 1.54) is 5.39 Å². The maximum Gasteiger partial charge on any atom is 0.0799 e. The first-order chi connectivity index (χ1) is 7.61. The fourth-order valence-corrected chi connectivity index (χ4v) is 4.72. The van der Waals surface area contributed by atoms with Crippen LogP contribution in [0.2, 0.25) is 26.2 Å². The minimum atomic E-state index is -0.376. The number of fused-ring (bicyclic) bond motifs is 1. The third-order valence-electron chi connectivity index (χ3n) is 2.98. The average Bonchev–Trinajstić information content (AvgIpc) is 2.27. The Kier molecular flexibility index (Phi) is 3.31. The monoisotopic (exact) mass is 242 g/mol. The summed E-state index contributed by atoms with van der Waals surface area (Å²) in [5.74, 6) is 0. The van der Waals surface area contributed by atoms with E-state index in [0.29, 0.717) is 0 Å². The molecule has 0 saturated heterocycles. The van der Waals surface area contributed by atoms with Gasteiger partial charge in [-0.25, -0.2) is 0 Å². The summed E-state index contributed by atoms with van der Waals surface area (Å²) >= 11 is 0. The van der Waals surface area contributed by atoms with Gasteiger partial charge in [0.05, 0.1) is 17.6 Å². The normalized spacial score (nSPS) is 11.6. The van der Waals surface area contributed by atoms with E-state index in [2.05, 4.69) is 62.6 Å². The van der Waals surface area contributed by atoms with Gasteiger partial charge in [-0.15, -0.1) is 0 Å². The lowest BCUT2D eigenvalue weighted by Crippen LogP contribution is -2.32. The molecule has 0 unspecified atom stereocenters. The van der Waals surface area contributed by atoms with E-state index in [0.717, 1.165) is 0 Å². The van der Waals surface area contributed by atoms with Crippen LogP contribution in [-0.2, 0) is 0 Å². The smallest absolute Gasteiger partial charge is 0.0671 e. The van der Waals surface area contributed by atoms with Gasteiger partial charge in [0.25, 0.3) is 0 Å². The molecule has 0 bridgehead atoms. The molecule has 0 atom stereocenters. The van der Waals surface area contributed by atoms with Gasteiger partial charge in [-0.2, -0.15) is 0 Å². The topological polar surface area (TPSA) is 0 Å². The number of benzene rings is 2. The highest BCUT2D eigenvalue weighted by molar-refractivity contribution is 6.78. The van der Waals surface area contributed by atoms with Crippen molar-refractivity contribution in [3.05, 3.63) is 36.4 Å². The zero-order chi connectivity index (χ0) is 11.7. The summed E-state index contributed by atoms with van der Waals surface area (Å²) in [6.07, 6.45) is 0. The van der Waals surface area contributed by atoms with E-state index in [1.54, 1.807) is 15.8 Å². The summed E-state index contributed by atoms with van der Waals surface area (Å²) in [5, 5.41) is 6.18. The molecule has 0 heterocycles. The van der Waals surface area contributed by atoms with Crippen LogP contribution in [0.25, 0.3) is 10.8 Å². The Balaban J connectivity index is 2.82. The number of rotatable bonds is 2. The highest BCUT2D eigenvalue weighted by Gasteiger charge is 2.12. The van der Waals surface area contributed by atoms with Crippen LogP contribution in [0, 0.1) is 0 Å². The van der Waals surface area contributed by atoms with Gasteiger partial charge in [-0.1, -0.05) is 73.0 Å². The maximum atomic E-state index is 2.38. The van der Waals surface area contributed by atoms with E-state index in [-0.39, 0.29) is 17.6 Å². The van der Waals surface area contributed by atoms with Crippen molar-refractivity contribution in [1.82, 2.24) is 0 Å². The molecule has 0 aromatic heterocycles. The zero-order valence-corrected chi connectivity index (χ0v) is 12.5. The van der Waals surface area contributed by atoms with E-state index >= 15 is 0 Å². The second-order valence-electron chi connectivity index (χ2n) is 4.71. The lowest BCUT2D eigenvalue weighted by molar-refractivity contribution is 1.78. The van der Waals surface area contributed by atoms with Crippen LogP contribution < -0.4 is 10.4 Å². The van der Waals surface area contributed by atoms with E-state index in [1.807, 2.05) is 0 Å². The van der Waals surface area contributed by atoms with Crippen molar-refractivity contribution in [2.24, 2.45) is 0 Å². The molecule has 0 fully saturated rings. The molecule has 2 aromatic carbocycles. The van der Waals surface area contributed by atoms with Crippen LogP contribution in [0.15, 0.2) is 36.4 Å². The van der Waals surface area contributed by atoms with Crippen molar-refractivity contribution < 1.29 is 0 Å². The fraction of sp³-hybridized carbons (Fsp3) is 0.286. The van der Waals surface area contributed by atoms with E-state index in [4.69, 9.17) is 0 Å². The first-order valence-electron chi connectivity index (χ1n) is 5.74. The summed E-state index contributed by atoms with van der Waals surface area (Å²) in [6.45, 7) is 9.53. The quantitative estimate of drug-likeness (QED) is 0.711. The lowest BCUT2D eigenvalue weighted by Gasteiger charge is -2.15. The van der Waals surface area contributed by atoms with Crippen LogP contribution >= 0.6 is 0 Å². The summed E-state index contributed by atoms with van der Waals surface area (Å²) < 4.78 is 0. The van der Waals surface area contributed by atoms with Crippen LogP contribution in [0.5, 0.6) is 0 Å². The Bertz CT molecular complexity index is 458. The van der Waals surface area contributed by atoms with Crippen molar-refractivity contribution in [3.8, 4) is 0 Å². The van der Waals surface area contributed by atoms with Gasteiger partial charge in [0, 0.05) is 0 Å². The molecule has 0 aliphatic heterocycles. The molecule has 82 valence electrons.